The summed E-state index contributed by atoms with van der Waals surface area (Å²) in [6.07, 6.45) is 10.6. The Morgan fingerprint density at radius 1 is 1.36 bits per heavy atom. The first kappa shape index (κ1) is 16.4. The van der Waals surface area contributed by atoms with E-state index in [1.807, 2.05) is 18.3 Å². The van der Waals surface area contributed by atoms with Crippen LogP contribution in [0.5, 0.6) is 0 Å². The van der Waals surface area contributed by atoms with Gasteiger partial charge in [0.25, 0.3) is 0 Å². The molecule has 134 valence electrons. The highest BCUT2D eigenvalue weighted by Crippen LogP contribution is 2.33. The van der Waals surface area contributed by atoms with Crippen molar-refractivity contribution in [2.75, 3.05) is 19.6 Å². The van der Waals surface area contributed by atoms with Crippen LogP contribution in [0, 0.1) is 5.92 Å². The molecular weight excluding hydrogens is 316 g/mol. The summed E-state index contributed by atoms with van der Waals surface area (Å²) in [6, 6.07) is 3.71. The van der Waals surface area contributed by atoms with E-state index in [4.69, 9.17) is 4.42 Å². The number of nitrogens with one attached hydrogen (secondary N) is 1. The molecule has 1 saturated carbocycles. The Morgan fingerprint density at radius 2 is 2.28 bits per heavy atom. The van der Waals surface area contributed by atoms with E-state index < -0.39 is 0 Å². The summed E-state index contributed by atoms with van der Waals surface area (Å²) in [6.45, 7) is 3.90. The highest BCUT2D eigenvalue weighted by molar-refractivity contribution is 5.77. The molecule has 1 aliphatic heterocycles. The van der Waals surface area contributed by atoms with Crippen LogP contribution >= 0.6 is 0 Å². The Morgan fingerprint density at radius 3 is 3.08 bits per heavy atom. The van der Waals surface area contributed by atoms with E-state index in [2.05, 4.69) is 26.0 Å². The van der Waals surface area contributed by atoms with Gasteiger partial charge in [0.15, 0.2) is 0 Å². The minimum absolute atomic E-state index is 0.0540. The fraction of sp³-hybridized carbons (Fsp3) is 0.579. The van der Waals surface area contributed by atoms with Crippen LogP contribution in [0.1, 0.15) is 43.2 Å². The van der Waals surface area contributed by atoms with Gasteiger partial charge in [-0.2, -0.15) is 0 Å². The average molecular weight is 342 g/mol. The number of hydrogen-bond donors (Lipinski definition) is 1. The van der Waals surface area contributed by atoms with Crippen LogP contribution in [-0.2, 0) is 17.9 Å². The minimum atomic E-state index is 0.0540. The number of hydrogen-bond acceptors (Lipinski definition) is 4. The highest BCUT2D eigenvalue weighted by atomic mass is 16.3. The van der Waals surface area contributed by atoms with E-state index in [9.17, 15) is 4.79 Å². The molecule has 1 N–H and O–H groups in total. The van der Waals surface area contributed by atoms with Crippen molar-refractivity contribution in [1.82, 2.24) is 19.8 Å². The first-order valence-corrected chi connectivity index (χ1v) is 9.30. The lowest BCUT2D eigenvalue weighted by atomic mass is 9.97. The van der Waals surface area contributed by atoms with E-state index in [-0.39, 0.29) is 5.91 Å². The fourth-order valence-electron chi connectivity index (χ4n) is 3.68. The lowest BCUT2D eigenvalue weighted by Crippen LogP contribution is -2.42. The molecule has 0 bridgehead atoms. The molecule has 0 unspecified atom stereocenters. The van der Waals surface area contributed by atoms with Crippen molar-refractivity contribution in [2.24, 2.45) is 5.92 Å². The van der Waals surface area contributed by atoms with E-state index in [1.54, 1.807) is 6.26 Å². The molecule has 0 aromatic carbocycles. The van der Waals surface area contributed by atoms with E-state index in [0.29, 0.717) is 19.0 Å². The zero-order chi connectivity index (χ0) is 17.1. The zero-order valence-electron chi connectivity index (χ0n) is 14.6. The van der Waals surface area contributed by atoms with Gasteiger partial charge in [-0.05, 0) is 50.3 Å². The normalized spacial score (nSPS) is 21.4. The number of nitrogens with zero attached hydrogens (tertiary/aromatic N) is 3. The maximum Gasteiger partial charge on any atom is 0.234 e. The van der Waals surface area contributed by atoms with Crippen LogP contribution in [-0.4, -0.2) is 40.0 Å². The van der Waals surface area contributed by atoms with Crippen LogP contribution in [0.3, 0.4) is 0 Å². The topological polar surface area (TPSA) is 63.3 Å². The number of furan rings is 1. The van der Waals surface area contributed by atoms with Gasteiger partial charge in [-0.1, -0.05) is 0 Å². The molecule has 2 aliphatic rings. The van der Waals surface area contributed by atoms with Gasteiger partial charge in [0, 0.05) is 31.4 Å². The van der Waals surface area contributed by atoms with Gasteiger partial charge in [-0.15, -0.1) is 0 Å². The molecule has 6 nitrogen and oxygen atoms in total. The van der Waals surface area contributed by atoms with Crippen LogP contribution in [0.25, 0.3) is 0 Å². The van der Waals surface area contributed by atoms with Gasteiger partial charge < -0.3 is 14.3 Å². The number of carbonyl (C=O) groups excluding carboxylic acids is 1. The summed E-state index contributed by atoms with van der Waals surface area (Å²) in [5.41, 5.74) is 0. The van der Waals surface area contributed by atoms with Crippen molar-refractivity contribution in [2.45, 2.75) is 44.7 Å². The molecule has 3 heterocycles. The second-order valence-corrected chi connectivity index (χ2v) is 7.31. The molecule has 25 heavy (non-hydrogen) atoms. The van der Waals surface area contributed by atoms with Crippen molar-refractivity contribution >= 4 is 5.91 Å². The predicted octanol–water partition coefficient (Wildman–Crippen LogP) is 2.38. The Bertz CT molecular complexity index is 690. The number of piperidine rings is 1. The molecule has 0 radical (unpaired) electrons. The van der Waals surface area contributed by atoms with Crippen LogP contribution in [0.4, 0.5) is 0 Å². The number of amides is 1. The monoisotopic (exact) mass is 342 g/mol. The summed E-state index contributed by atoms with van der Waals surface area (Å²) >= 11 is 0. The molecule has 1 saturated heterocycles. The van der Waals surface area contributed by atoms with E-state index >= 15 is 0 Å². The molecule has 2 aromatic heterocycles. The number of likely N-dealkylation sites (tertiary alicyclic amines) is 1. The quantitative estimate of drug-likeness (QED) is 0.839. The van der Waals surface area contributed by atoms with Crippen molar-refractivity contribution in [3.8, 4) is 0 Å². The Kier molecular flexibility index (Phi) is 4.88. The molecule has 0 spiro atoms. The van der Waals surface area contributed by atoms with Gasteiger partial charge in [0.05, 0.1) is 19.4 Å². The van der Waals surface area contributed by atoms with E-state index in [1.165, 1.54) is 18.7 Å². The number of aromatic nitrogens is 2. The molecule has 4 rings (SSSR count). The summed E-state index contributed by atoms with van der Waals surface area (Å²) in [7, 11) is 0. The van der Waals surface area contributed by atoms with Crippen molar-refractivity contribution in [1.29, 1.82) is 0 Å². The maximum absolute atomic E-state index is 12.2. The van der Waals surface area contributed by atoms with Crippen LogP contribution in [0.2, 0.25) is 0 Å². The number of imidazole rings is 1. The standard InChI is InChI=1S/C19H26N4O2/c24-18(21-11-17-4-2-10-25-17)14-22-8-1-3-16(13-22)19-20-7-9-23(19)12-15-5-6-15/h2,4,7,9-10,15-16H,1,3,5-6,8,11-14H2,(H,21,24)/t16-/m1/s1. The van der Waals surface area contributed by atoms with Gasteiger partial charge in [0.1, 0.15) is 11.6 Å². The highest BCUT2D eigenvalue weighted by Gasteiger charge is 2.28. The second kappa shape index (κ2) is 7.44. The zero-order valence-corrected chi connectivity index (χ0v) is 14.6. The molecule has 1 aliphatic carbocycles. The lowest BCUT2D eigenvalue weighted by molar-refractivity contribution is -0.122. The summed E-state index contributed by atoms with van der Waals surface area (Å²) in [5.74, 6) is 3.32. The van der Waals surface area contributed by atoms with Crippen molar-refractivity contribution in [3.05, 3.63) is 42.4 Å². The van der Waals surface area contributed by atoms with Gasteiger partial charge in [-0.25, -0.2) is 4.98 Å². The maximum atomic E-state index is 12.2. The van der Waals surface area contributed by atoms with Gasteiger partial charge in [0.2, 0.25) is 5.91 Å². The Hall–Kier alpha value is -2.08. The largest absolute Gasteiger partial charge is 0.467 e. The van der Waals surface area contributed by atoms with Crippen molar-refractivity contribution in [3.63, 3.8) is 0 Å². The molecule has 1 atom stereocenters. The number of rotatable bonds is 7. The molecule has 2 aromatic rings. The van der Waals surface area contributed by atoms with Gasteiger partial charge in [-0.3, -0.25) is 9.69 Å². The molecule has 1 amide bonds. The predicted molar refractivity (Wildman–Crippen MR) is 93.9 cm³/mol. The molecule has 2 fully saturated rings. The van der Waals surface area contributed by atoms with Crippen LogP contribution < -0.4 is 5.32 Å². The lowest BCUT2D eigenvalue weighted by Gasteiger charge is -2.32. The third kappa shape index (κ3) is 4.31. The third-order valence-corrected chi connectivity index (χ3v) is 5.18. The van der Waals surface area contributed by atoms with E-state index in [0.717, 1.165) is 44.2 Å². The molecule has 6 heteroatoms. The third-order valence-electron chi connectivity index (χ3n) is 5.18. The fourth-order valence-corrected chi connectivity index (χ4v) is 3.68. The van der Waals surface area contributed by atoms with Gasteiger partial charge >= 0.3 is 0 Å². The Labute approximate surface area is 148 Å². The molecular formula is C19H26N4O2. The summed E-state index contributed by atoms with van der Waals surface area (Å²) in [5, 5.41) is 2.93. The smallest absolute Gasteiger partial charge is 0.234 e. The summed E-state index contributed by atoms with van der Waals surface area (Å²) < 4.78 is 7.59. The Balaban J connectivity index is 1.30. The average Bonchev–Trinajstić information content (AvgIpc) is 3.09. The summed E-state index contributed by atoms with van der Waals surface area (Å²) in [4.78, 5) is 19.1. The van der Waals surface area contributed by atoms with Crippen molar-refractivity contribution < 1.29 is 9.21 Å². The first-order chi connectivity index (χ1) is 12.3. The number of carbonyl (C=O) groups is 1. The first-order valence-electron chi connectivity index (χ1n) is 9.30. The van der Waals surface area contributed by atoms with Crippen LogP contribution in [0.15, 0.2) is 35.2 Å². The minimum Gasteiger partial charge on any atom is -0.467 e. The second-order valence-electron chi connectivity index (χ2n) is 7.31. The SMILES string of the molecule is O=C(CN1CCC[C@@H](c2nccn2CC2CC2)C1)NCc1ccco1.